The summed E-state index contributed by atoms with van der Waals surface area (Å²) in [6, 6.07) is 0. The molecule has 1 atom stereocenters. The molecule has 1 fully saturated rings. The molecule has 1 aliphatic rings. The Balaban J connectivity index is 3.02. The van der Waals surface area contributed by atoms with Gasteiger partial charge in [-0.3, -0.25) is 4.79 Å². The zero-order valence-electron chi connectivity index (χ0n) is 11.3. The van der Waals surface area contributed by atoms with Crippen LogP contribution in [0, 0.1) is 5.41 Å². The van der Waals surface area contributed by atoms with Crippen LogP contribution in [0.3, 0.4) is 0 Å². The van der Waals surface area contributed by atoms with Crippen molar-refractivity contribution in [2.24, 2.45) is 5.41 Å². The van der Waals surface area contributed by atoms with Gasteiger partial charge in [-0.2, -0.15) is 0 Å². The van der Waals surface area contributed by atoms with Crippen LogP contribution in [-0.2, 0) is 9.53 Å². The van der Waals surface area contributed by atoms with Crippen LogP contribution in [-0.4, -0.2) is 38.0 Å². The fourth-order valence-electron chi connectivity index (χ4n) is 1.69. The van der Waals surface area contributed by atoms with Gasteiger partial charge in [-0.05, 0) is 25.9 Å². The van der Waals surface area contributed by atoms with E-state index in [-0.39, 0.29) is 25.1 Å². The van der Waals surface area contributed by atoms with E-state index in [9.17, 15) is 9.18 Å². The lowest BCUT2D eigenvalue weighted by Gasteiger charge is -2.38. The summed E-state index contributed by atoms with van der Waals surface area (Å²) in [6.45, 7) is -0.635. The highest BCUT2D eigenvalue weighted by atomic mass is 19.1. The van der Waals surface area contributed by atoms with E-state index in [1.165, 1.54) is 18.9 Å². The van der Waals surface area contributed by atoms with E-state index in [0.29, 0.717) is 6.33 Å². The molecule has 0 bridgehead atoms. The molecule has 0 aromatic carbocycles. The van der Waals surface area contributed by atoms with Gasteiger partial charge in [0, 0.05) is 17.2 Å². The van der Waals surface area contributed by atoms with Crippen LogP contribution >= 0.6 is 0 Å². The number of piperidine rings is 1. The van der Waals surface area contributed by atoms with Crippen LogP contribution in [0.1, 0.15) is 17.5 Å². The van der Waals surface area contributed by atoms with Crippen LogP contribution in [0.5, 0.6) is 0 Å². The first kappa shape index (κ1) is 7.40. The normalized spacial score (nSPS) is 35.9. The van der Waals surface area contributed by atoms with Gasteiger partial charge in [-0.1, -0.05) is 0 Å². The lowest BCUT2D eigenvalue weighted by atomic mass is 9.78. The molecule has 80 valence electrons. The number of methoxy groups -OCH3 is 1. The zero-order chi connectivity index (χ0) is 13.3. The maximum Gasteiger partial charge on any atom is 0.317 e. The van der Waals surface area contributed by atoms with E-state index in [0.717, 1.165) is 0 Å². The molecule has 0 radical (unpaired) electrons. The monoisotopic (exact) mass is 204 g/mol. The first-order valence-electron chi connectivity index (χ1n) is 5.89. The van der Waals surface area contributed by atoms with Crippen LogP contribution in [0.2, 0.25) is 0 Å². The highest BCUT2D eigenvalue weighted by Gasteiger charge is 2.42. The Kier molecular flexibility index (Phi) is 2.16. The number of ether oxygens (including phenoxy) is 1. The molecule has 0 amide bonds. The zero-order valence-corrected chi connectivity index (χ0v) is 8.34. The van der Waals surface area contributed by atoms with Crippen LogP contribution in [0.15, 0.2) is 11.9 Å². The number of hydrogen-bond donors (Lipinski definition) is 0. The smallest absolute Gasteiger partial charge is 0.317 e. The molecule has 4 heteroatoms. The number of carbonyl (C=O) groups excluding carboxylic acids is 1. The predicted octanol–water partition coefficient (Wildman–Crippen LogP) is 1.35. The van der Waals surface area contributed by atoms with Crippen molar-refractivity contribution in [3.05, 3.63) is 11.9 Å². The second kappa shape index (κ2) is 4.09. The summed E-state index contributed by atoms with van der Waals surface area (Å²) < 4.78 is 39.3. The van der Waals surface area contributed by atoms with E-state index >= 15 is 0 Å². The van der Waals surface area contributed by atoms with Gasteiger partial charge in [0.25, 0.3) is 0 Å². The van der Waals surface area contributed by atoms with Crippen molar-refractivity contribution >= 4 is 5.97 Å². The summed E-state index contributed by atoms with van der Waals surface area (Å²) in [5, 5.41) is 0. The minimum Gasteiger partial charge on any atom is -0.468 e. The Morgan fingerprint density at radius 1 is 1.86 bits per heavy atom. The molecule has 0 aliphatic carbocycles. The number of rotatable bonds is 1. The van der Waals surface area contributed by atoms with Crippen molar-refractivity contribution in [1.29, 1.82) is 0 Å². The highest BCUT2D eigenvalue weighted by molar-refractivity contribution is 5.80. The summed E-state index contributed by atoms with van der Waals surface area (Å²) in [5.74, 6) is -0.615. The first-order chi connectivity index (χ1) is 7.75. The molecule has 0 aromatic heterocycles. The fraction of sp³-hybridized carbons (Fsp3) is 0.700. The van der Waals surface area contributed by atoms with Gasteiger partial charge in [0.1, 0.15) is 5.41 Å². The largest absolute Gasteiger partial charge is 0.468 e. The van der Waals surface area contributed by atoms with Crippen LogP contribution in [0.4, 0.5) is 4.39 Å². The molecule has 1 aliphatic heterocycles. The van der Waals surface area contributed by atoms with Crippen molar-refractivity contribution in [2.45, 2.75) is 13.3 Å². The van der Waals surface area contributed by atoms with Crippen LogP contribution in [0.25, 0.3) is 0 Å². The second-order valence-corrected chi connectivity index (χ2v) is 3.63. The molecule has 0 spiro atoms. The Hall–Kier alpha value is -0.900. The molecular weight excluding hydrogens is 185 g/mol. The summed E-state index contributed by atoms with van der Waals surface area (Å²) >= 11 is 0. The third kappa shape index (κ3) is 1.80. The summed E-state index contributed by atoms with van der Waals surface area (Å²) in [4.78, 5) is 12.9. The highest BCUT2D eigenvalue weighted by Crippen LogP contribution is 2.35. The minimum absolute atomic E-state index is 0.0636. The van der Waals surface area contributed by atoms with Gasteiger partial charge in [-0.25, -0.2) is 4.39 Å². The molecular formula is C10H16FNO2. The number of likely N-dealkylation sites (tertiary alicyclic amines) is 1. The molecule has 3 nitrogen and oxygen atoms in total. The molecule has 0 aromatic rings. The molecule has 1 saturated heterocycles. The number of esters is 1. The predicted molar refractivity (Wildman–Crippen MR) is 51.4 cm³/mol. The van der Waals surface area contributed by atoms with E-state index in [2.05, 4.69) is 4.74 Å². The van der Waals surface area contributed by atoms with E-state index < -0.39 is 18.4 Å². The van der Waals surface area contributed by atoms with Gasteiger partial charge < -0.3 is 9.64 Å². The quantitative estimate of drug-likeness (QED) is 0.604. The molecule has 0 saturated carbocycles. The van der Waals surface area contributed by atoms with E-state index in [1.807, 2.05) is 0 Å². The average molecular weight is 204 g/mol. The van der Waals surface area contributed by atoms with Crippen molar-refractivity contribution in [1.82, 2.24) is 4.90 Å². The van der Waals surface area contributed by atoms with Gasteiger partial charge in [0.2, 0.25) is 0 Å². The second-order valence-electron chi connectivity index (χ2n) is 3.63. The van der Waals surface area contributed by atoms with E-state index in [1.54, 1.807) is 0 Å². The third-order valence-electron chi connectivity index (χ3n) is 2.63. The standard InChI is InChI=1S/C10H16FNO2/c1-10(9(13)14-3)7-12(2)5-4-8(10)6-11/h6H,4-5,7H2,1-3H3/b8-6+/t10-/m1/s1/i2D3. The number of hydrogen-bond acceptors (Lipinski definition) is 3. The van der Waals surface area contributed by atoms with Crippen molar-refractivity contribution < 1.29 is 18.0 Å². The molecule has 0 unspecified atom stereocenters. The third-order valence-corrected chi connectivity index (χ3v) is 2.63. The Morgan fingerprint density at radius 3 is 3.07 bits per heavy atom. The van der Waals surface area contributed by atoms with Crippen molar-refractivity contribution in [2.75, 3.05) is 27.2 Å². The van der Waals surface area contributed by atoms with Gasteiger partial charge in [-0.15, -0.1) is 0 Å². The number of carbonyl (C=O) groups is 1. The van der Waals surface area contributed by atoms with Crippen molar-refractivity contribution in [3.63, 3.8) is 0 Å². The Bertz CT molecular complexity index is 343. The lowest BCUT2D eigenvalue weighted by Crippen LogP contribution is -2.46. The number of halogens is 1. The maximum atomic E-state index is 12.8. The lowest BCUT2D eigenvalue weighted by molar-refractivity contribution is -0.151. The maximum absolute atomic E-state index is 12.8. The SMILES string of the molecule is [2H]C([2H])([2H])N1CC/C(=C\F)[C@](C)(C(=O)OC)C1. The first-order valence-corrected chi connectivity index (χ1v) is 4.39. The average Bonchev–Trinajstić information content (AvgIpc) is 2.26. The molecule has 1 rings (SSSR count). The molecule has 1 heterocycles. The van der Waals surface area contributed by atoms with Gasteiger partial charge in [0.15, 0.2) is 0 Å². The Morgan fingerprint density at radius 2 is 2.57 bits per heavy atom. The summed E-state index contributed by atoms with van der Waals surface area (Å²) in [7, 11) is 1.21. The van der Waals surface area contributed by atoms with Crippen molar-refractivity contribution in [3.8, 4) is 0 Å². The summed E-state index contributed by atoms with van der Waals surface area (Å²) in [6.07, 6.45) is 0.592. The Labute approximate surface area is 87.7 Å². The number of nitrogens with zero attached hydrogens (tertiary/aromatic N) is 1. The minimum atomic E-state index is -2.28. The van der Waals surface area contributed by atoms with E-state index in [4.69, 9.17) is 4.11 Å². The topological polar surface area (TPSA) is 29.5 Å². The molecule has 0 N–H and O–H groups in total. The van der Waals surface area contributed by atoms with Gasteiger partial charge >= 0.3 is 5.97 Å². The van der Waals surface area contributed by atoms with Crippen LogP contribution < -0.4 is 0 Å². The summed E-state index contributed by atoms with van der Waals surface area (Å²) in [5.41, 5.74) is -0.944. The van der Waals surface area contributed by atoms with Gasteiger partial charge in [0.05, 0.1) is 13.4 Å². The fourth-order valence-corrected chi connectivity index (χ4v) is 1.69. The molecule has 14 heavy (non-hydrogen) atoms.